The summed E-state index contributed by atoms with van der Waals surface area (Å²) in [5.74, 6) is 0. The first-order valence-corrected chi connectivity index (χ1v) is 12.7. The average molecular weight is 516 g/mol. The molecule has 0 spiro atoms. The van der Waals surface area contributed by atoms with E-state index in [1.807, 2.05) is 42.8 Å². The monoisotopic (exact) mass is 515 g/mol. The van der Waals surface area contributed by atoms with Gasteiger partial charge in [0.05, 0.1) is 14.9 Å². The Morgan fingerprint density at radius 2 is 1.44 bits per heavy atom. The van der Waals surface area contributed by atoms with Crippen LogP contribution in [-0.4, -0.2) is 22.5 Å². The predicted octanol–water partition coefficient (Wildman–Crippen LogP) is 5.67. The van der Waals surface area contributed by atoms with Crippen LogP contribution in [0.4, 0.5) is 0 Å². The van der Waals surface area contributed by atoms with E-state index in [1.165, 1.54) is 0 Å². The number of fused-ring (bicyclic) bond motifs is 6. The molecule has 0 fully saturated rings. The van der Waals surface area contributed by atoms with Crippen molar-refractivity contribution in [2.45, 2.75) is 39.5 Å². The molecule has 0 N–H and O–H groups in total. The van der Waals surface area contributed by atoms with Gasteiger partial charge in [0, 0.05) is 23.4 Å². The van der Waals surface area contributed by atoms with E-state index in [4.69, 9.17) is 28.3 Å². The quantitative estimate of drug-likeness (QED) is 0.164. The van der Waals surface area contributed by atoms with Gasteiger partial charge in [-0.05, 0) is 74.0 Å². The Balaban J connectivity index is 0.000000182. The summed E-state index contributed by atoms with van der Waals surface area (Å²) in [4.78, 5) is -0.0851. The molecule has 3 aromatic heterocycles. The largest absolute Gasteiger partial charge is 0.744 e. The molecule has 3 heterocycles. The number of hydrogen-bond donors (Lipinski definition) is 0. The summed E-state index contributed by atoms with van der Waals surface area (Å²) in [6, 6.07) is 13.4. The topological polar surface area (TPSA) is 78.6 Å². The van der Waals surface area contributed by atoms with Crippen LogP contribution >= 0.6 is 23.2 Å². The molecule has 0 saturated heterocycles. The summed E-state index contributed by atoms with van der Waals surface area (Å²) in [6.45, 7) is 9.20. The number of hydrogen-bond acceptors (Lipinski definition) is 4. The molecule has 0 aliphatic carbocycles. The molecule has 9 heteroatoms. The Labute approximate surface area is 208 Å². The van der Waals surface area contributed by atoms with Crippen molar-refractivity contribution in [2.75, 3.05) is 0 Å². The van der Waals surface area contributed by atoms with E-state index >= 15 is 0 Å². The van der Waals surface area contributed by atoms with Gasteiger partial charge in [0.1, 0.15) is 26.8 Å². The minimum absolute atomic E-state index is 0.0851. The molecule has 0 atom stereocenters. The first kappa shape index (κ1) is 24.4. The molecular weight excluding hydrogens is 493 g/mol. The van der Waals surface area contributed by atoms with Crippen molar-refractivity contribution < 1.29 is 17.5 Å². The number of aromatic nitrogens is 3. The van der Waals surface area contributed by atoms with Crippen molar-refractivity contribution >= 4 is 55.4 Å². The molecule has 0 unspecified atom stereocenters. The van der Waals surface area contributed by atoms with Crippen molar-refractivity contribution in [3.63, 3.8) is 0 Å². The van der Waals surface area contributed by atoms with Crippen molar-refractivity contribution in [3.8, 4) is 0 Å². The number of nitrogens with zero attached hydrogens (tertiary/aromatic N) is 3. The summed E-state index contributed by atoms with van der Waals surface area (Å²) in [7, 11) is -4.33. The van der Waals surface area contributed by atoms with Crippen LogP contribution in [0.2, 0.25) is 10.0 Å². The van der Waals surface area contributed by atoms with Gasteiger partial charge in [0.25, 0.3) is 11.0 Å². The molecule has 0 aliphatic rings. The van der Waals surface area contributed by atoms with E-state index in [1.54, 1.807) is 26.0 Å². The molecule has 6 nitrogen and oxygen atoms in total. The first-order chi connectivity index (χ1) is 15.9. The van der Waals surface area contributed by atoms with Crippen molar-refractivity contribution in [1.29, 1.82) is 0 Å². The Hall–Kier alpha value is -2.71. The van der Waals surface area contributed by atoms with Gasteiger partial charge >= 0.3 is 0 Å². The van der Waals surface area contributed by atoms with E-state index < -0.39 is 10.1 Å². The van der Waals surface area contributed by atoms with Crippen LogP contribution in [0.5, 0.6) is 0 Å². The Morgan fingerprint density at radius 3 is 2.06 bits per heavy atom. The second-order valence-electron chi connectivity index (χ2n) is 8.41. The predicted molar refractivity (Wildman–Crippen MR) is 134 cm³/mol. The third-order valence-electron chi connectivity index (χ3n) is 5.77. The zero-order valence-electron chi connectivity index (χ0n) is 19.3. The molecule has 176 valence electrons. The maximum Gasteiger partial charge on any atom is 0.264 e. The lowest BCUT2D eigenvalue weighted by Gasteiger charge is -2.14. The highest BCUT2D eigenvalue weighted by Crippen LogP contribution is 2.28. The molecule has 0 aliphatic heterocycles. The van der Waals surface area contributed by atoms with E-state index in [2.05, 4.69) is 23.5 Å². The Bertz CT molecular complexity index is 1610. The number of benzene rings is 2. The molecule has 34 heavy (non-hydrogen) atoms. The minimum Gasteiger partial charge on any atom is -0.744 e. The average Bonchev–Trinajstić information content (AvgIpc) is 3.20. The summed E-state index contributed by atoms with van der Waals surface area (Å²) >= 11 is 12.4. The van der Waals surface area contributed by atoms with Crippen LogP contribution in [0.25, 0.3) is 22.1 Å². The standard InChI is InChI=1S/C16H12Cl2N3.C9H12O3S/c1-9-6-15-13-4-3-5-20(13)14-7-11(17)12(18)8-16(14)21(15)19-10(9)2;1-6-4-7(2)9(8(3)5-6)13(10,11)12/h3-8H,1-2H3;4-5H,1-3H3,(H,10,11,12)/q+1;/p-1. The molecule has 0 radical (unpaired) electrons. The molecular formula is C25H23Cl2N3O3S. The smallest absolute Gasteiger partial charge is 0.264 e. The highest BCUT2D eigenvalue weighted by molar-refractivity contribution is 7.85. The van der Waals surface area contributed by atoms with E-state index in [-0.39, 0.29) is 4.90 Å². The van der Waals surface area contributed by atoms with Crippen molar-refractivity contribution in [3.05, 3.63) is 86.7 Å². The van der Waals surface area contributed by atoms with Crippen molar-refractivity contribution in [1.82, 2.24) is 9.50 Å². The molecule has 0 bridgehead atoms. The van der Waals surface area contributed by atoms with Crippen LogP contribution in [0.1, 0.15) is 27.9 Å². The van der Waals surface area contributed by atoms with Crippen LogP contribution in [0, 0.1) is 34.6 Å². The van der Waals surface area contributed by atoms with Crippen molar-refractivity contribution in [2.24, 2.45) is 0 Å². The molecule has 5 aromatic rings. The second-order valence-corrected chi connectivity index (χ2v) is 10.5. The van der Waals surface area contributed by atoms with Gasteiger partial charge in [-0.1, -0.05) is 40.9 Å². The SMILES string of the molecule is Cc1cc(C)c(S(=O)(=O)[O-])c(C)c1.Cc1cc2c3cccn3c3cc(Cl)c(Cl)cc3[n+]2nc1C. The summed E-state index contributed by atoms with van der Waals surface area (Å²) in [5.41, 5.74) is 8.23. The second kappa shape index (κ2) is 8.82. The molecule has 5 rings (SSSR count). The van der Waals surface area contributed by atoms with Gasteiger partial charge in [-0.2, -0.15) is 0 Å². The van der Waals surface area contributed by atoms with E-state index in [0.29, 0.717) is 21.2 Å². The summed E-state index contributed by atoms with van der Waals surface area (Å²) in [5, 5.41) is 5.78. The normalized spacial score (nSPS) is 11.8. The minimum atomic E-state index is -4.33. The van der Waals surface area contributed by atoms with Gasteiger partial charge in [-0.15, -0.1) is 0 Å². The zero-order chi connectivity index (χ0) is 24.9. The first-order valence-electron chi connectivity index (χ1n) is 10.5. The maximum absolute atomic E-state index is 10.8. The fourth-order valence-electron chi connectivity index (χ4n) is 4.27. The zero-order valence-corrected chi connectivity index (χ0v) is 21.7. The van der Waals surface area contributed by atoms with Gasteiger partial charge in [0.2, 0.25) is 0 Å². The maximum atomic E-state index is 10.8. The lowest BCUT2D eigenvalue weighted by molar-refractivity contribution is -0.553. The third kappa shape index (κ3) is 4.36. The highest BCUT2D eigenvalue weighted by atomic mass is 35.5. The van der Waals surface area contributed by atoms with Crippen LogP contribution in [-0.2, 0) is 10.1 Å². The highest BCUT2D eigenvalue weighted by Gasteiger charge is 2.20. The van der Waals surface area contributed by atoms with Crippen LogP contribution in [0.15, 0.2) is 53.6 Å². The fraction of sp³-hybridized carbons (Fsp3) is 0.200. The van der Waals surface area contributed by atoms with Crippen LogP contribution in [0.3, 0.4) is 0 Å². The van der Waals surface area contributed by atoms with Gasteiger partial charge in [-0.25, -0.2) is 8.42 Å². The number of rotatable bonds is 1. The lowest BCUT2D eigenvalue weighted by Crippen LogP contribution is -2.30. The number of aryl methyl sites for hydroxylation is 5. The van der Waals surface area contributed by atoms with E-state index in [9.17, 15) is 13.0 Å². The van der Waals surface area contributed by atoms with Gasteiger partial charge < -0.3 is 8.95 Å². The summed E-state index contributed by atoms with van der Waals surface area (Å²) in [6.07, 6.45) is 2.02. The fourth-order valence-corrected chi connectivity index (χ4v) is 5.49. The lowest BCUT2D eigenvalue weighted by atomic mass is 10.1. The van der Waals surface area contributed by atoms with Crippen LogP contribution < -0.4 is 4.52 Å². The molecule has 2 aromatic carbocycles. The van der Waals surface area contributed by atoms with Gasteiger partial charge in [-0.3, -0.25) is 0 Å². The van der Waals surface area contributed by atoms with Gasteiger partial charge in [0.15, 0.2) is 0 Å². The Morgan fingerprint density at radius 1 is 0.853 bits per heavy atom. The summed E-state index contributed by atoms with van der Waals surface area (Å²) < 4.78 is 36.5. The number of halogens is 2. The molecule has 0 saturated carbocycles. The third-order valence-corrected chi connectivity index (χ3v) is 7.64. The molecule has 0 amide bonds. The van der Waals surface area contributed by atoms with E-state index in [0.717, 1.165) is 38.9 Å². The Kier molecular flexibility index (Phi) is 6.33.